The first-order valence-corrected chi connectivity index (χ1v) is 7.97. The number of rotatable bonds is 5. The van der Waals surface area contributed by atoms with E-state index in [1.54, 1.807) is 12.0 Å². The van der Waals surface area contributed by atoms with E-state index in [0.717, 1.165) is 9.35 Å². The van der Waals surface area contributed by atoms with Crippen molar-refractivity contribution in [1.29, 1.82) is 0 Å². The number of carbonyl (C=O) groups is 2. The summed E-state index contributed by atoms with van der Waals surface area (Å²) in [5.41, 5.74) is 0. The Balaban J connectivity index is 2.36. The highest BCUT2D eigenvalue weighted by molar-refractivity contribution is 9.10. The molecule has 1 N–H and O–H groups in total. The van der Waals surface area contributed by atoms with Gasteiger partial charge in [-0.2, -0.15) is 0 Å². The molecule has 1 aromatic heterocycles. The first-order chi connectivity index (χ1) is 9.56. The van der Waals surface area contributed by atoms with Crippen LogP contribution in [0.3, 0.4) is 0 Å². The van der Waals surface area contributed by atoms with Crippen LogP contribution in [0.2, 0.25) is 0 Å². The molecule has 1 saturated heterocycles. The molecule has 20 heavy (non-hydrogen) atoms. The summed E-state index contributed by atoms with van der Waals surface area (Å²) in [7, 11) is 1.57. The van der Waals surface area contributed by atoms with Crippen LogP contribution in [0.25, 0.3) is 0 Å². The van der Waals surface area contributed by atoms with Crippen molar-refractivity contribution in [1.82, 2.24) is 4.90 Å². The van der Waals surface area contributed by atoms with Crippen LogP contribution in [0, 0.1) is 5.92 Å². The Hall–Kier alpha value is -0.920. The van der Waals surface area contributed by atoms with Crippen LogP contribution < -0.4 is 0 Å². The van der Waals surface area contributed by atoms with Gasteiger partial charge in [-0.05, 0) is 33.8 Å². The zero-order valence-electron chi connectivity index (χ0n) is 11.0. The monoisotopic (exact) mass is 361 g/mol. The van der Waals surface area contributed by atoms with Gasteiger partial charge in [0.1, 0.15) is 0 Å². The molecule has 1 aliphatic rings. The molecule has 1 amide bonds. The number of likely N-dealkylation sites (tertiary alicyclic amines) is 1. The Kier molecular flexibility index (Phi) is 5.17. The third kappa shape index (κ3) is 3.05. The Morgan fingerprint density at radius 2 is 2.40 bits per heavy atom. The van der Waals surface area contributed by atoms with Crippen LogP contribution in [0.1, 0.15) is 23.8 Å². The molecule has 2 heterocycles. The van der Waals surface area contributed by atoms with Crippen molar-refractivity contribution in [3.05, 3.63) is 20.8 Å². The van der Waals surface area contributed by atoms with E-state index in [1.807, 2.05) is 11.4 Å². The Morgan fingerprint density at radius 3 is 2.95 bits per heavy atom. The van der Waals surface area contributed by atoms with Crippen LogP contribution in [0.5, 0.6) is 0 Å². The van der Waals surface area contributed by atoms with Gasteiger partial charge in [0.25, 0.3) is 0 Å². The lowest BCUT2D eigenvalue weighted by molar-refractivity contribution is -0.152. The van der Waals surface area contributed by atoms with E-state index in [2.05, 4.69) is 15.9 Å². The third-order valence-electron chi connectivity index (χ3n) is 3.47. The second kappa shape index (κ2) is 6.69. The van der Waals surface area contributed by atoms with E-state index in [-0.39, 0.29) is 12.3 Å². The van der Waals surface area contributed by atoms with Crippen molar-refractivity contribution in [3.8, 4) is 0 Å². The van der Waals surface area contributed by atoms with Crippen molar-refractivity contribution < 1.29 is 19.4 Å². The molecule has 2 rings (SSSR count). The second-order valence-electron chi connectivity index (χ2n) is 4.64. The fourth-order valence-electron chi connectivity index (χ4n) is 2.51. The van der Waals surface area contributed by atoms with Crippen LogP contribution in [-0.4, -0.2) is 42.1 Å². The van der Waals surface area contributed by atoms with Crippen LogP contribution >= 0.6 is 27.3 Å². The number of nitrogens with zero attached hydrogens (tertiary/aromatic N) is 1. The predicted molar refractivity (Wildman–Crippen MR) is 78.7 cm³/mol. The number of aliphatic carboxylic acids is 1. The summed E-state index contributed by atoms with van der Waals surface area (Å²) >= 11 is 4.91. The zero-order chi connectivity index (χ0) is 14.7. The highest BCUT2D eigenvalue weighted by Gasteiger charge is 2.41. The van der Waals surface area contributed by atoms with E-state index in [0.29, 0.717) is 19.6 Å². The SMILES string of the molecule is COCCN1C(=O)CCC(C(=O)O)C1c1sccc1Br. The number of hydrogen-bond donors (Lipinski definition) is 1. The quantitative estimate of drug-likeness (QED) is 0.874. The minimum absolute atomic E-state index is 0.00940. The van der Waals surface area contributed by atoms with Gasteiger partial charge in [-0.3, -0.25) is 9.59 Å². The molecule has 0 radical (unpaired) electrons. The fourth-order valence-corrected chi connectivity index (χ4v) is 4.29. The maximum absolute atomic E-state index is 12.2. The molecule has 1 aliphatic heterocycles. The molecular weight excluding hydrogens is 346 g/mol. The highest BCUT2D eigenvalue weighted by atomic mass is 79.9. The standard InChI is InChI=1S/C13H16BrNO4S/c1-19-6-5-15-10(16)3-2-8(13(17)18)11(15)12-9(14)4-7-20-12/h4,7-8,11H,2-3,5-6H2,1H3,(H,17,18). The number of thiophene rings is 1. The summed E-state index contributed by atoms with van der Waals surface area (Å²) in [6, 6.07) is 1.46. The minimum atomic E-state index is -0.856. The molecule has 0 saturated carbocycles. The van der Waals surface area contributed by atoms with E-state index in [4.69, 9.17) is 4.74 Å². The molecule has 0 spiro atoms. The minimum Gasteiger partial charge on any atom is -0.481 e. The van der Waals surface area contributed by atoms with Gasteiger partial charge in [0.05, 0.1) is 18.6 Å². The molecular formula is C13H16BrNO4S. The maximum Gasteiger partial charge on any atom is 0.308 e. The number of carboxylic acids is 1. The average molecular weight is 362 g/mol. The summed E-state index contributed by atoms with van der Waals surface area (Å²) in [5, 5.41) is 11.3. The maximum atomic E-state index is 12.2. The molecule has 1 aromatic rings. The molecule has 5 nitrogen and oxygen atoms in total. The molecule has 0 aliphatic carbocycles. The summed E-state index contributed by atoms with van der Waals surface area (Å²) in [5.74, 6) is -1.44. The topological polar surface area (TPSA) is 66.8 Å². The predicted octanol–water partition coefficient (Wildman–Crippen LogP) is 2.52. The third-order valence-corrected chi connectivity index (χ3v) is 5.41. The van der Waals surface area contributed by atoms with Gasteiger partial charge in [0.15, 0.2) is 0 Å². The van der Waals surface area contributed by atoms with E-state index < -0.39 is 17.9 Å². The first kappa shape index (κ1) is 15.5. The number of methoxy groups -OCH3 is 1. The second-order valence-corrected chi connectivity index (χ2v) is 6.44. The Morgan fingerprint density at radius 1 is 1.65 bits per heavy atom. The molecule has 2 atom stereocenters. The van der Waals surface area contributed by atoms with Crippen molar-refractivity contribution in [2.24, 2.45) is 5.92 Å². The van der Waals surface area contributed by atoms with E-state index in [1.165, 1.54) is 11.3 Å². The van der Waals surface area contributed by atoms with E-state index >= 15 is 0 Å². The number of carboxylic acid groups (broad SMARTS) is 1. The van der Waals surface area contributed by atoms with E-state index in [9.17, 15) is 14.7 Å². The Bertz CT molecular complexity index is 504. The van der Waals surface area contributed by atoms with Gasteiger partial charge >= 0.3 is 5.97 Å². The summed E-state index contributed by atoms with van der Waals surface area (Å²) in [4.78, 5) is 26.2. The number of halogens is 1. The largest absolute Gasteiger partial charge is 0.481 e. The number of piperidine rings is 1. The van der Waals surface area contributed by atoms with Crippen LogP contribution in [0.15, 0.2) is 15.9 Å². The van der Waals surface area contributed by atoms with Gasteiger partial charge in [-0.15, -0.1) is 11.3 Å². The lowest BCUT2D eigenvalue weighted by Crippen LogP contribution is -2.46. The lowest BCUT2D eigenvalue weighted by Gasteiger charge is -2.39. The molecule has 0 bridgehead atoms. The van der Waals surface area contributed by atoms with Crippen LogP contribution in [0.4, 0.5) is 0 Å². The molecule has 0 aromatic carbocycles. The number of ether oxygens (including phenoxy) is 1. The van der Waals surface area contributed by atoms with Gasteiger partial charge < -0.3 is 14.7 Å². The van der Waals surface area contributed by atoms with Crippen LogP contribution in [-0.2, 0) is 14.3 Å². The van der Waals surface area contributed by atoms with Crippen molar-refractivity contribution in [2.75, 3.05) is 20.3 Å². The summed E-state index contributed by atoms with van der Waals surface area (Å²) in [6.07, 6.45) is 0.660. The van der Waals surface area contributed by atoms with Gasteiger partial charge in [-0.1, -0.05) is 0 Å². The van der Waals surface area contributed by atoms with Crippen molar-refractivity contribution in [3.63, 3.8) is 0 Å². The number of carbonyl (C=O) groups excluding carboxylic acids is 1. The van der Waals surface area contributed by atoms with Gasteiger partial charge in [0.2, 0.25) is 5.91 Å². The Labute approximate surface area is 129 Å². The van der Waals surface area contributed by atoms with Crippen molar-refractivity contribution >= 4 is 39.1 Å². The summed E-state index contributed by atoms with van der Waals surface area (Å²) < 4.78 is 5.89. The lowest BCUT2D eigenvalue weighted by atomic mass is 9.87. The molecule has 7 heteroatoms. The number of hydrogen-bond acceptors (Lipinski definition) is 4. The fraction of sp³-hybridized carbons (Fsp3) is 0.538. The molecule has 110 valence electrons. The number of amides is 1. The first-order valence-electron chi connectivity index (χ1n) is 6.30. The van der Waals surface area contributed by atoms with Crippen molar-refractivity contribution in [2.45, 2.75) is 18.9 Å². The average Bonchev–Trinajstić information content (AvgIpc) is 2.82. The molecule has 1 fully saturated rings. The zero-order valence-corrected chi connectivity index (χ0v) is 13.4. The van der Waals surface area contributed by atoms with Gasteiger partial charge in [0, 0.05) is 29.4 Å². The normalized spacial score (nSPS) is 23.1. The van der Waals surface area contributed by atoms with Gasteiger partial charge in [-0.25, -0.2) is 0 Å². The highest BCUT2D eigenvalue weighted by Crippen LogP contribution is 2.42. The summed E-state index contributed by atoms with van der Waals surface area (Å²) in [6.45, 7) is 0.811. The molecule has 2 unspecified atom stereocenters. The smallest absolute Gasteiger partial charge is 0.308 e.